The molecule has 3 heteroatoms. The largest absolute Gasteiger partial charge is 0.256 e. The molecule has 1 aliphatic heterocycles. The number of thiophene rings is 1. The number of rotatable bonds is 2. The third kappa shape index (κ3) is 2.12. The van der Waals surface area contributed by atoms with Gasteiger partial charge in [-0.1, -0.05) is 48.5 Å². The summed E-state index contributed by atoms with van der Waals surface area (Å²) in [6, 6.07) is 24.1. The average molecular weight is 330 g/mol. The van der Waals surface area contributed by atoms with Gasteiger partial charge in [-0.25, -0.2) is 0 Å². The van der Waals surface area contributed by atoms with Gasteiger partial charge in [0.1, 0.15) is 0 Å². The second-order valence-electron chi connectivity index (χ2n) is 6.43. The molecule has 0 spiro atoms. The van der Waals surface area contributed by atoms with Gasteiger partial charge in [0.25, 0.3) is 0 Å². The first-order valence-electron chi connectivity index (χ1n) is 8.46. The zero-order valence-electron chi connectivity index (χ0n) is 13.3. The molecular formula is C21H18N2S. The SMILES string of the molecule is c1ccc(N2N=C3c4ccccc4CC[C@H]3[C@@H]2c2cccs2)cc1. The van der Waals surface area contributed by atoms with E-state index in [1.807, 2.05) is 11.3 Å². The van der Waals surface area contributed by atoms with E-state index in [0.29, 0.717) is 12.0 Å². The topological polar surface area (TPSA) is 15.6 Å². The lowest BCUT2D eigenvalue weighted by atomic mass is 9.79. The minimum atomic E-state index is 0.316. The van der Waals surface area contributed by atoms with Gasteiger partial charge in [0.2, 0.25) is 0 Å². The van der Waals surface area contributed by atoms with Crippen LogP contribution in [0.25, 0.3) is 0 Å². The zero-order valence-corrected chi connectivity index (χ0v) is 14.1. The molecule has 2 atom stereocenters. The van der Waals surface area contributed by atoms with E-state index in [-0.39, 0.29) is 0 Å². The number of hydrazone groups is 1. The summed E-state index contributed by atoms with van der Waals surface area (Å²) in [4.78, 5) is 1.40. The van der Waals surface area contributed by atoms with Crippen LogP contribution < -0.4 is 5.01 Å². The van der Waals surface area contributed by atoms with Gasteiger partial charge in [0.05, 0.1) is 17.4 Å². The molecule has 0 bridgehead atoms. The summed E-state index contributed by atoms with van der Waals surface area (Å²) in [5.41, 5.74) is 5.22. The van der Waals surface area contributed by atoms with Gasteiger partial charge in [-0.3, -0.25) is 5.01 Å². The number of hydrogen-bond acceptors (Lipinski definition) is 3. The van der Waals surface area contributed by atoms with Crippen LogP contribution in [0.5, 0.6) is 0 Å². The molecule has 5 rings (SSSR count). The first kappa shape index (κ1) is 14.0. The van der Waals surface area contributed by atoms with Crippen molar-refractivity contribution in [3.05, 3.63) is 88.1 Å². The highest BCUT2D eigenvalue weighted by Gasteiger charge is 2.42. The lowest BCUT2D eigenvalue weighted by Gasteiger charge is -2.29. The molecule has 0 N–H and O–H groups in total. The van der Waals surface area contributed by atoms with Crippen molar-refractivity contribution in [3.63, 3.8) is 0 Å². The first-order chi connectivity index (χ1) is 11.9. The monoisotopic (exact) mass is 330 g/mol. The smallest absolute Gasteiger partial charge is 0.0951 e. The first-order valence-corrected chi connectivity index (χ1v) is 9.34. The molecule has 0 saturated heterocycles. The standard InChI is InChI=1S/C21H18N2S/c1-2-8-16(9-3-1)23-21(19-11-6-14-24-19)18-13-12-15-7-4-5-10-17(15)20(18)22-23/h1-11,14,18,21H,12-13H2/t18-,21-/m1/s1. The second kappa shape index (κ2) is 5.60. The number of anilines is 1. The zero-order chi connectivity index (χ0) is 15.9. The van der Waals surface area contributed by atoms with Gasteiger partial charge in [0.15, 0.2) is 0 Å². The van der Waals surface area contributed by atoms with Crippen molar-refractivity contribution in [2.45, 2.75) is 18.9 Å². The molecular weight excluding hydrogens is 312 g/mol. The molecule has 1 aliphatic carbocycles. The molecule has 2 nitrogen and oxygen atoms in total. The van der Waals surface area contributed by atoms with Crippen LogP contribution in [0.4, 0.5) is 5.69 Å². The average Bonchev–Trinajstić information content (AvgIpc) is 3.29. The predicted octanol–water partition coefficient (Wildman–Crippen LogP) is 5.28. The number of nitrogens with zero attached hydrogens (tertiary/aromatic N) is 2. The van der Waals surface area contributed by atoms with E-state index in [9.17, 15) is 0 Å². The number of para-hydroxylation sites is 1. The van der Waals surface area contributed by atoms with Crippen LogP contribution in [0.2, 0.25) is 0 Å². The van der Waals surface area contributed by atoms with Gasteiger partial charge < -0.3 is 0 Å². The van der Waals surface area contributed by atoms with E-state index in [1.165, 1.54) is 33.8 Å². The van der Waals surface area contributed by atoms with E-state index in [0.717, 1.165) is 6.42 Å². The quantitative estimate of drug-likeness (QED) is 0.624. The van der Waals surface area contributed by atoms with Crippen molar-refractivity contribution in [2.75, 3.05) is 5.01 Å². The summed E-state index contributed by atoms with van der Waals surface area (Å²) < 4.78 is 0. The van der Waals surface area contributed by atoms with E-state index < -0.39 is 0 Å². The van der Waals surface area contributed by atoms with Gasteiger partial charge in [-0.2, -0.15) is 5.10 Å². The van der Waals surface area contributed by atoms with Gasteiger partial charge in [-0.05, 0) is 42.0 Å². The van der Waals surface area contributed by atoms with Crippen molar-refractivity contribution in [2.24, 2.45) is 11.0 Å². The van der Waals surface area contributed by atoms with Crippen molar-refractivity contribution in [1.29, 1.82) is 0 Å². The Hall–Kier alpha value is -2.39. The predicted molar refractivity (Wildman–Crippen MR) is 101 cm³/mol. The second-order valence-corrected chi connectivity index (χ2v) is 7.41. The van der Waals surface area contributed by atoms with Gasteiger partial charge in [0, 0.05) is 16.4 Å². The third-order valence-corrected chi connectivity index (χ3v) is 6.03. The van der Waals surface area contributed by atoms with E-state index in [2.05, 4.69) is 77.1 Å². The third-order valence-electron chi connectivity index (χ3n) is 5.08. The van der Waals surface area contributed by atoms with E-state index in [1.54, 1.807) is 0 Å². The van der Waals surface area contributed by atoms with Crippen LogP contribution in [0.3, 0.4) is 0 Å². The molecule has 2 aliphatic rings. The Morgan fingerprint density at radius 2 is 1.75 bits per heavy atom. The van der Waals surface area contributed by atoms with Crippen LogP contribution in [0.15, 0.2) is 77.2 Å². The lowest BCUT2D eigenvalue weighted by Crippen LogP contribution is -2.28. The molecule has 2 aromatic carbocycles. The highest BCUT2D eigenvalue weighted by molar-refractivity contribution is 7.10. The van der Waals surface area contributed by atoms with Crippen LogP contribution in [0, 0.1) is 5.92 Å². The molecule has 3 aromatic rings. The Kier molecular flexibility index (Phi) is 3.27. The molecule has 1 aromatic heterocycles. The normalized spacial score (nSPS) is 22.0. The fraction of sp³-hybridized carbons (Fsp3) is 0.190. The molecule has 0 radical (unpaired) electrons. The number of fused-ring (bicyclic) bond motifs is 3. The number of benzene rings is 2. The fourth-order valence-electron chi connectivity index (χ4n) is 4.00. The Labute approximate surface area is 146 Å². The van der Waals surface area contributed by atoms with E-state index >= 15 is 0 Å². The van der Waals surface area contributed by atoms with Crippen LogP contribution in [-0.2, 0) is 6.42 Å². The Morgan fingerprint density at radius 1 is 0.917 bits per heavy atom. The van der Waals surface area contributed by atoms with Crippen molar-refractivity contribution in [3.8, 4) is 0 Å². The maximum absolute atomic E-state index is 5.12. The van der Waals surface area contributed by atoms with E-state index in [4.69, 9.17) is 5.10 Å². The highest BCUT2D eigenvalue weighted by Crippen LogP contribution is 2.46. The van der Waals surface area contributed by atoms with Crippen molar-refractivity contribution < 1.29 is 0 Å². The Balaban J connectivity index is 1.66. The summed E-state index contributed by atoms with van der Waals surface area (Å²) in [5.74, 6) is 0.471. The molecule has 24 heavy (non-hydrogen) atoms. The highest BCUT2D eigenvalue weighted by atomic mass is 32.1. The molecule has 0 fully saturated rings. The molecule has 118 valence electrons. The van der Waals surface area contributed by atoms with Crippen molar-refractivity contribution >= 4 is 22.7 Å². The number of aryl methyl sites for hydroxylation is 1. The fourth-order valence-corrected chi connectivity index (χ4v) is 4.87. The number of hydrogen-bond donors (Lipinski definition) is 0. The van der Waals surface area contributed by atoms with Gasteiger partial charge >= 0.3 is 0 Å². The van der Waals surface area contributed by atoms with Crippen LogP contribution in [0.1, 0.15) is 28.5 Å². The molecule has 0 saturated carbocycles. The summed E-state index contributed by atoms with van der Waals surface area (Å²) in [6.07, 6.45) is 2.31. The van der Waals surface area contributed by atoms with Gasteiger partial charge in [-0.15, -0.1) is 11.3 Å². The van der Waals surface area contributed by atoms with Crippen molar-refractivity contribution in [1.82, 2.24) is 0 Å². The molecule has 0 amide bonds. The summed E-state index contributed by atoms with van der Waals surface area (Å²) in [5, 5.41) is 9.53. The van der Waals surface area contributed by atoms with Crippen LogP contribution >= 0.6 is 11.3 Å². The van der Waals surface area contributed by atoms with Crippen LogP contribution in [-0.4, -0.2) is 5.71 Å². The molecule has 0 unspecified atom stereocenters. The summed E-state index contributed by atoms with van der Waals surface area (Å²) >= 11 is 1.84. The summed E-state index contributed by atoms with van der Waals surface area (Å²) in [7, 11) is 0. The Morgan fingerprint density at radius 3 is 2.58 bits per heavy atom. The lowest BCUT2D eigenvalue weighted by molar-refractivity contribution is 0.516. The minimum absolute atomic E-state index is 0.316. The maximum atomic E-state index is 5.12. The maximum Gasteiger partial charge on any atom is 0.0951 e. The minimum Gasteiger partial charge on any atom is -0.256 e. The Bertz CT molecular complexity index is 883. The molecule has 2 heterocycles. The summed E-state index contributed by atoms with van der Waals surface area (Å²) in [6.45, 7) is 0.